The lowest BCUT2D eigenvalue weighted by molar-refractivity contribution is -0.120. The molecule has 0 unspecified atom stereocenters. The van der Waals surface area contributed by atoms with Crippen LogP contribution in [0.3, 0.4) is 0 Å². The molecule has 0 aliphatic carbocycles. The van der Waals surface area contributed by atoms with Gasteiger partial charge in [0.25, 0.3) is 0 Å². The Labute approximate surface area is 136 Å². The zero-order valence-electron chi connectivity index (χ0n) is 13.1. The average molecular weight is 315 g/mol. The van der Waals surface area contributed by atoms with Crippen LogP contribution in [-0.4, -0.2) is 18.8 Å². The van der Waals surface area contributed by atoms with Crippen LogP contribution in [0.25, 0.3) is 0 Å². The standard InChI is InChI=1S/C18H21NO2S/c1-18(2,14-8-5-4-6-9-14)19-17(20)13-22-16-11-7-10-15(12-16)21-3/h4-12H,13H2,1-3H3,(H,19,20). The minimum Gasteiger partial charge on any atom is -0.497 e. The summed E-state index contributed by atoms with van der Waals surface area (Å²) in [5, 5.41) is 3.08. The lowest BCUT2D eigenvalue weighted by Crippen LogP contribution is -2.41. The molecule has 0 atom stereocenters. The molecular formula is C18H21NO2S. The number of nitrogens with one attached hydrogen (secondary N) is 1. The quantitative estimate of drug-likeness (QED) is 0.823. The van der Waals surface area contributed by atoms with E-state index in [9.17, 15) is 4.79 Å². The van der Waals surface area contributed by atoms with Crippen molar-refractivity contribution in [1.82, 2.24) is 5.32 Å². The minimum absolute atomic E-state index is 0.0154. The molecule has 0 fully saturated rings. The highest BCUT2D eigenvalue weighted by atomic mass is 32.2. The van der Waals surface area contributed by atoms with Crippen molar-refractivity contribution >= 4 is 17.7 Å². The van der Waals surface area contributed by atoms with Crippen LogP contribution in [0, 0.1) is 0 Å². The Morgan fingerprint density at radius 1 is 1.14 bits per heavy atom. The first-order chi connectivity index (χ1) is 10.5. The molecule has 1 N–H and O–H groups in total. The van der Waals surface area contributed by atoms with Gasteiger partial charge in [-0.25, -0.2) is 0 Å². The van der Waals surface area contributed by atoms with Crippen molar-refractivity contribution in [3.63, 3.8) is 0 Å². The molecule has 0 bridgehead atoms. The zero-order chi connectivity index (χ0) is 16.0. The Bertz CT molecular complexity index is 626. The van der Waals surface area contributed by atoms with Crippen LogP contribution in [0.15, 0.2) is 59.5 Å². The van der Waals surface area contributed by atoms with Crippen molar-refractivity contribution in [1.29, 1.82) is 0 Å². The van der Waals surface area contributed by atoms with Gasteiger partial charge in [0.15, 0.2) is 0 Å². The van der Waals surface area contributed by atoms with Crippen LogP contribution in [0.4, 0.5) is 0 Å². The Morgan fingerprint density at radius 2 is 1.86 bits per heavy atom. The lowest BCUT2D eigenvalue weighted by atomic mass is 9.94. The fourth-order valence-corrected chi connectivity index (χ4v) is 2.90. The van der Waals surface area contributed by atoms with E-state index in [4.69, 9.17) is 4.74 Å². The molecule has 0 heterocycles. The summed E-state index contributed by atoms with van der Waals surface area (Å²) in [6, 6.07) is 17.7. The normalized spacial score (nSPS) is 11.0. The predicted octanol–water partition coefficient (Wildman–Crippen LogP) is 3.84. The number of thioether (sulfide) groups is 1. The van der Waals surface area contributed by atoms with Gasteiger partial charge in [0.05, 0.1) is 18.4 Å². The first-order valence-corrected chi connectivity index (χ1v) is 8.13. The van der Waals surface area contributed by atoms with E-state index >= 15 is 0 Å². The summed E-state index contributed by atoms with van der Waals surface area (Å²) >= 11 is 1.50. The molecule has 0 saturated heterocycles. The molecule has 116 valence electrons. The maximum absolute atomic E-state index is 12.2. The number of rotatable bonds is 6. The molecule has 1 amide bonds. The number of hydrogen-bond donors (Lipinski definition) is 1. The topological polar surface area (TPSA) is 38.3 Å². The molecular weight excluding hydrogens is 294 g/mol. The molecule has 0 spiro atoms. The fourth-order valence-electron chi connectivity index (χ4n) is 2.15. The first kappa shape index (κ1) is 16.4. The van der Waals surface area contributed by atoms with Gasteiger partial charge < -0.3 is 10.1 Å². The number of benzene rings is 2. The number of carbonyl (C=O) groups is 1. The highest BCUT2D eigenvalue weighted by Gasteiger charge is 2.22. The third-order valence-corrected chi connectivity index (χ3v) is 4.35. The maximum Gasteiger partial charge on any atom is 0.231 e. The van der Waals surface area contributed by atoms with Crippen LogP contribution in [0.5, 0.6) is 5.75 Å². The van der Waals surface area contributed by atoms with Crippen molar-refractivity contribution in [2.45, 2.75) is 24.3 Å². The molecule has 2 aromatic rings. The number of hydrogen-bond acceptors (Lipinski definition) is 3. The monoisotopic (exact) mass is 315 g/mol. The van der Waals surface area contributed by atoms with E-state index in [1.54, 1.807) is 7.11 Å². The summed E-state index contributed by atoms with van der Waals surface area (Å²) in [5.41, 5.74) is 0.711. The van der Waals surface area contributed by atoms with E-state index in [0.29, 0.717) is 5.75 Å². The van der Waals surface area contributed by atoms with Crippen LogP contribution < -0.4 is 10.1 Å². The molecule has 0 saturated carbocycles. The van der Waals surface area contributed by atoms with Gasteiger partial charge in [0, 0.05) is 4.90 Å². The molecule has 3 nitrogen and oxygen atoms in total. The molecule has 0 aliphatic rings. The van der Waals surface area contributed by atoms with E-state index in [0.717, 1.165) is 16.2 Å². The van der Waals surface area contributed by atoms with Crippen molar-refractivity contribution in [3.05, 3.63) is 60.2 Å². The molecule has 2 aromatic carbocycles. The van der Waals surface area contributed by atoms with Gasteiger partial charge in [-0.2, -0.15) is 0 Å². The number of carbonyl (C=O) groups excluding carboxylic acids is 1. The number of ether oxygens (including phenoxy) is 1. The van der Waals surface area contributed by atoms with Gasteiger partial charge in [0.1, 0.15) is 5.75 Å². The largest absolute Gasteiger partial charge is 0.497 e. The summed E-state index contributed by atoms with van der Waals surface area (Å²) in [6.07, 6.45) is 0. The molecule has 2 rings (SSSR count). The smallest absolute Gasteiger partial charge is 0.231 e. The average Bonchev–Trinajstić information content (AvgIpc) is 2.53. The van der Waals surface area contributed by atoms with Crippen LogP contribution in [-0.2, 0) is 10.3 Å². The third kappa shape index (κ3) is 4.53. The summed E-state index contributed by atoms with van der Waals surface area (Å²) < 4.78 is 5.19. The Hall–Kier alpha value is -1.94. The van der Waals surface area contributed by atoms with Gasteiger partial charge in [-0.15, -0.1) is 11.8 Å². The second kappa shape index (κ2) is 7.36. The Morgan fingerprint density at radius 3 is 2.55 bits per heavy atom. The first-order valence-electron chi connectivity index (χ1n) is 7.14. The van der Waals surface area contributed by atoms with E-state index in [1.807, 2.05) is 68.4 Å². The van der Waals surface area contributed by atoms with Gasteiger partial charge in [-0.1, -0.05) is 36.4 Å². The van der Waals surface area contributed by atoms with Gasteiger partial charge >= 0.3 is 0 Å². The number of amides is 1. The zero-order valence-corrected chi connectivity index (χ0v) is 13.9. The molecule has 4 heteroatoms. The van der Waals surface area contributed by atoms with Gasteiger partial charge in [0.2, 0.25) is 5.91 Å². The van der Waals surface area contributed by atoms with E-state index in [2.05, 4.69) is 5.32 Å². The lowest BCUT2D eigenvalue weighted by Gasteiger charge is -2.26. The van der Waals surface area contributed by atoms with E-state index < -0.39 is 0 Å². The minimum atomic E-state index is -0.382. The second-order valence-electron chi connectivity index (χ2n) is 5.51. The highest BCUT2D eigenvalue weighted by molar-refractivity contribution is 8.00. The summed E-state index contributed by atoms with van der Waals surface area (Å²) in [6.45, 7) is 4.02. The summed E-state index contributed by atoms with van der Waals surface area (Å²) in [4.78, 5) is 13.2. The van der Waals surface area contributed by atoms with Crippen molar-refractivity contribution in [2.24, 2.45) is 0 Å². The summed E-state index contributed by atoms with van der Waals surface area (Å²) in [7, 11) is 1.64. The van der Waals surface area contributed by atoms with Crippen molar-refractivity contribution in [3.8, 4) is 5.75 Å². The second-order valence-corrected chi connectivity index (χ2v) is 6.56. The van der Waals surface area contributed by atoms with Gasteiger partial charge in [-0.3, -0.25) is 4.79 Å². The SMILES string of the molecule is COc1cccc(SCC(=O)NC(C)(C)c2ccccc2)c1. The van der Waals surface area contributed by atoms with Crippen LogP contribution in [0.1, 0.15) is 19.4 Å². The Balaban J connectivity index is 1.92. The van der Waals surface area contributed by atoms with E-state index in [1.165, 1.54) is 11.8 Å². The maximum atomic E-state index is 12.2. The van der Waals surface area contributed by atoms with Crippen LogP contribution >= 0.6 is 11.8 Å². The molecule has 22 heavy (non-hydrogen) atoms. The van der Waals surface area contributed by atoms with Crippen LogP contribution in [0.2, 0.25) is 0 Å². The number of methoxy groups -OCH3 is 1. The summed E-state index contributed by atoms with van der Waals surface area (Å²) in [5.74, 6) is 1.19. The predicted molar refractivity (Wildman–Crippen MR) is 91.3 cm³/mol. The molecule has 0 aliphatic heterocycles. The van der Waals surface area contributed by atoms with Gasteiger partial charge in [-0.05, 0) is 37.6 Å². The van der Waals surface area contributed by atoms with E-state index in [-0.39, 0.29) is 11.4 Å². The third-order valence-electron chi connectivity index (χ3n) is 3.36. The Kier molecular flexibility index (Phi) is 5.50. The highest BCUT2D eigenvalue weighted by Crippen LogP contribution is 2.24. The molecule has 0 radical (unpaired) electrons. The fraction of sp³-hybridized carbons (Fsp3) is 0.278. The van der Waals surface area contributed by atoms with Crippen molar-refractivity contribution < 1.29 is 9.53 Å². The molecule has 0 aromatic heterocycles. The van der Waals surface area contributed by atoms with Crippen molar-refractivity contribution in [2.75, 3.05) is 12.9 Å².